The summed E-state index contributed by atoms with van der Waals surface area (Å²) in [4.78, 5) is 18.7. The first-order valence-corrected chi connectivity index (χ1v) is 7.28. The van der Waals surface area contributed by atoms with Gasteiger partial charge < -0.3 is 4.98 Å². The van der Waals surface area contributed by atoms with Crippen LogP contribution in [0.2, 0.25) is 0 Å². The third-order valence-electron chi connectivity index (χ3n) is 3.55. The monoisotopic (exact) mass is 318 g/mol. The highest BCUT2D eigenvalue weighted by atomic mass is 16.5. The lowest BCUT2D eigenvalue weighted by Gasteiger charge is -1.99. The summed E-state index contributed by atoms with van der Waals surface area (Å²) < 4.78 is 0. The van der Waals surface area contributed by atoms with Crippen LogP contribution < -0.4 is 5.48 Å². The SMILES string of the molecule is N#Cc1ccc2[nH]c(Cc3ccc(/C=C/C(=O)NO)cc3)nc2c1. The molecular formula is C18H14N4O2. The zero-order chi connectivity index (χ0) is 16.9. The van der Waals surface area contributed by atoms with Crippen LogP contribution in [0.15, 0.2) is 48.5 Å². The number of hydrogen-bond donors (Lipinski definition) is 3. The number of hydrogen-bond acceptors (Lipinski definition) is 4. The van der Waals surface area contributed by atoms with Gasteiger partial charge in [0.2, 0.25) is 0 Å². The molecule has 0 spiro atoms. The topological polar surface area (TPSA) is 102 Å². The Morgan fingerprint density at radius 2 is 2.08 bits per heavy atom. The van der Waals surface area contributed by atoms with Gasteiger partial charge in [-0.05, 0) is 35.4 Å². The summed E-state index contributed by atoms with van der Waals surface area (Å²) in [7, 11) is 0. The second-order valence-electron chi connectivity index (χ2n) is 5.25. The van der Waals surface area contributed by atoms with Crippen molar-refractivity contribution in [2.75, 3.05) is 0 Å². The van der Waals surface area contributed by atoms with Crippen LogP contribution in [0.5, 0.6) is 0 Å². The quantitative estimate of drug-likeness (QED) is 0.391. The fourth-order valence-electron chi connectivity index (χ4n) is 2.36. The average Bonchev–Trinajstić information content (AvgIpc) is 3.02. The van der Waals surface area contributed by atoms with Crippen LogP contribution in [0.4, 0.5) is 0 Å². The first-order valence-electron chi connectivity index (χ1n) is 7.28. The molecule has 3 rings (SSSR count). The molecule has 24 heavy (non-hydrogen) atoms. The van der Waals surface area contributed by atoms with E-state index in [0.717, 1.165) is 28.0 Å². The summed E-state index contributed by atoms with van der Waals surface area (Å²) in [6.07, 6.45) is 3.50. The van der Waals surface area contributed by atoms with Crippen LogP contribution >= 0.6 is 0 Å². The van der Waals surface area contributed by atoms with Gasteiger partial charge in [-0.3, -0.25) is 10.0 Å². The van der Waals surface area contributed by atoms with Crippen molar-refractivity contribution >= 4 is 23.0 Å². The Morgan fingerprint density at radius 1 is 1.29 bits per heavy atom. The largest absolute Gasteiger partial charge is 0.342 e. The van der Waals surface area contributed by atoms with Crippen LogP contribution in [0.25, 0.3) is 17.1 Å². The normalized spacial score (nSPS) is 10.8. The van der Waals surface area contributed by atoms with Crippen LogP contribution in [0.1, 0.15) is 22.5 Å². The number of carbonyl (C=O) groups is 1. The summed E-state index contributed by atoms with van der Waals surface area (Å²) in [5, 5.41) is 17.4. The smallest absolute Gasteiger partial charge is 0.267 e. The lowest BCUT2D eigenvalue weighted by molar-refractivity contribution is -0.124. The highest BCUT2D eigenvalue weighted by Gasteiger charge is 2.05. The number of amides is 1. The van der Waals surface area contributed by atoms with Gasteiger partial charge in [0.1, 0.15) is 5.82 Å². The molecule has 3 aromatic rings. The van der Waals surface area contributed by atoms with E-state index in [0.29, 0.717) is 12.0 Å². The molecule has 0 aliphatic rings. The maximum atomic E-state index is 10.9. The molecular weight excluding hydrogens is 304 g/mol. The molecule has 0 aliphatic heterocycles. The molecule has 0 fully saturated rings. The number of aromatic amines is 1. The van der Waals surface area contributed by atoms with Gasteiger partial charge in [0.05, 0.1) is 22.7 Å². The van der Waals surface area contributed by atoms with Crippen molar-refractivity contribution < 1.29 is 10.0 Å². The number of nitriles is 1. The second-order valence-corrected chi connectivity index (χ2v) is 5.25. The van der Waals surface area contributed by atoms with Crippen molar-refractivity contribution in [3.05, 3.63) is 71.1 Å². The second kappa shape index (κ2) is 6.77. The van der Waals surface area contributed by atoms with E-state index in [4.69, 9.17) is 10.5 Å². The van der Waals surface area contributed by atoms with Gasteiger partial charge in [0, 0.05) is 12.5 Å². The number of imidazole rings is 1. The Bertz CT molecular complexity index is 949. The first-order chi connectivity index (χ1) is 11.7. The van der Waals surface area contributed by atoms with Crippen molar-refractivity contribution in [3.63, 3.8) is 0 Å². The van der Waals surface area contributed by atoms with Crippen LogP contribution in [-0.2, 0) is 11.2 Å². The van der Waals surface area contributed by atoms with Crippen molar-refractivity contribution in [1.29, 1.82) is 5.26 Å². The average molecular weight is 318 g/mol. The van der Waals surface area contributed by atoms with Gasteiger partial charge in [0.25, 0.3) is 5.91 Å². The van der Waals surface area contributed by atoms with E-state index in [1.165, 1.54) is 6.08 Å². The number of hydroxylamine groups is 1. The molecule has 1 heterocycles. The van der Waals surface area contributed by atoms with E-state index in [2.05, 4.69) is 16.0 Å². The molecule has 0 saturated heterocycles. The number of aromatic nitrogens is 2. The predicted octanol–water partition coefficient (Wildman–Crippen LogP) is 2.54. The molecule has 2 aromatic carbocycles. The Labute approximate surface area is 138 Å². The van der Waals surface area contributed by atoms with Crippen LogP contribution in [-0.4, -0.2) is 21.1 Å². The van der Waals surface area contributed by atoms with E-state index in [-0.39, 0.29) is 0 Å². The van der Waals surface area contributed by atoms with Crippen molar-refractivity contribution in [2.45, 2.75) is 6.42 Å². The first kappa shape index (κ1) is 15.5. The highest BCUT2D eigenvalue weighted by Crippen LogP contribution is 2.16. The molecule has 0 unspecified atom stereocenters. The summed E-state index contributed by atoms with van der Waals surface area (Å²) in [6, 6.07) is 15.1. The lowest BCUT2D eigenvalue weighted by atomic mass is 10.1. The van der Waals surface area contributed by atoms with Gasteiger partial charge in [-0.25, -0.2) is 10.5 Å². The van der Waals surface area contributed by atoms with Gasteiger partial charge >= 0.3 is 0 Å². The Balaban J connectivity index is 1.75. The third-order valence-corrected chi connectivity index (χ3v) is 3.55. The van der Waals surface area contributed by atoms with E-state index in [9.17, 15) is 4.79 Å². The van der Waals surface area contributed by atoms with Crippen LogP contribution in [0.3, 0.4) is 0 Å². The standard InChI is InChI=1S/C18H14N4O2/c19-11-14-5-7-15-16(9-14)21-17(20-15)10-13-3-1-12(2-4-13)6-8-18(23)22-24/h1-9,24H,10H2,(H,20,21)(H,22,23)/b8-6+. The fraction of sp³-hybridized carbons (Fsp3) is 0.0556. The van der Waals surface area contributed by atoms with Gasteiger partial charge in [-0.2, -0.15) is 5.26 Å². The van der Waals surface area contributed by atoms with Crippen molar-refractivity contribution in [1.82, 2.24) is 15.4 Å². The highest BCUT2D eigenvalue weighted by molar-refractivity contribution is 5.90. The molecule has 118 valence electrons. The number of nitrogens with zero attached hydrogens (tertiary/aromatic N) is 2. The number of benzene rings is 2. The maximum absolute atomic E-state index is 10.9. The minimum atomic E-state index is -0.571. The van der Waals surface area contributed by atoms with Crippen molar-refractivity contribution in [3.8, 4) is 6.07 Å². The zero-order valence-corrected chi connectivity index (χ0v) is 12.7. The maximum Gasteiger partial charge on any atom is 0.267 e. The minimum absolute atomic E-state index is 0.571. The molecule has 0 saturated carbocycles. The molecule has 3 N–H and O–H groups in total. The summed E-state index contributed by atoms with van der Waals surface area (Å²) in [6.45, 7) is 0. The number of rotatable bonds is 4. The van der Waals surface area contributed by atoms with Crippen LogP contribution in [0, 0.1) is 11.3 Å². The number of nitrogens with one attached hydrogen (secondary N) is 2. The fourth-order valence-corrected chi connectivity index (χ4v) is 2.36. The van der Waals surface area contributed by atoms with E-state index in [1.807, 2.05) is 30.3 Å². The Morgan fingerprint density at radius 3 is 2.79 bits per heavy atom. The molecule has 6 heteroatoms. The van der Waals surface area contributed by atoms with Gasteiger partial charge in [0.15, 0.2) is 0 Å². The summed E-state index contributed by atoms with van der Waals surface area (Å²) in [5.74, 6) is 0.251. The molecule has 0 aliphatic carbocycles. The summed E-state index contributed by atoms with van der Waals surface area (Å²) in [5.41, 5.74) is 5.73. The lowest BCUT2D eigenvalue weighted by Crippen LogP contribution is -2.14. The van der Waals surface area contributed by atoms with E-state index in [1.54, 1.807) is 23.7 Å². The Hall–Kier alpha value is -3.43. The van der Waals surface area contributed by atoms with Gasteiger partial charge in [-0.1, -0.05) is 24.3 Å². The number of H-pyrrole nitrogens is 1. The third kappa shape index (κ3) is 3.48. The molecule has 0 atom stereocenters. The molecule has 1 aromatic heterocycles. The predicted molar refractivity (Wildman–Crippen MR) is 89.0 cm³/mol. The molecule has 6 nitrogen and oxygen atoms in total. The number of carbonyl (C=O) groups excluding carboxylic acids is 1. The zero-order valence-electron chi connectivity index (χ0n) is 12.7. The Kier molecular flexibility index (Phi) is 4.36. The molecule has 0 radical (unpaired) electrons. The van der Waals surface area contributed by atoms with Crippen molar-refractivity contribution in [2.24, 2.45) is 0 Å². The summed E-state index contributed by atoms with van der Waals surface area (Å²) >= 11 is 0. The van der Waals surface area contributed by atoms with E-state index >= 15 is 0 Å². The number of fused-ring (bicyclic) bond motifs is 1. The van der Waals surface area contributed by atoms with E-state index < -0.39 is 5.91 Å². The molecule has 0 bridgehead atoms. The molecule has 1 amide bonds. The minimum Gasteiger partial charge on any atom is -0.342 e. The van der Waals surface area contributed by atoms with Gasteiger partial charge in [-0.15, -0.1) is 0 Å².